The Kier molecular flexibility index (Phi) is 4.52. The van der Waals surface area contributed by atoms with E-state index in [9.17, 15) is 5.26 Å². The molecule has 0 bridgehead atoms. The molecule has 0 amide bonds. The Morgan fingerprint density at radius 2 is 1.76 bits per heavy atom. The van der Waals surface area contributed by atoms with Gasteiger partial charge in [0, 0.05) is 5.56 Å². The zero-order valence-electron chi connectivity index (χ0n) is 17.8. The summed E-state index contributed by atoms with van der Waals surface area (Å²) >= 11 is 0. The number of nitriles is 1. The molecule has 2 aromatic carbocycles. The van der Waals surface area contributed by atoms with E-state index >= 15 is 0 Å². The van der Waals surface area contributed by atoms with Crippen LogP contribution in [0.3, 0.4) is 0 Å². The van der Waals surface area contributed by atoms with Crippen molar-refractivity contribution in [1.82, 2.24) is 20.0 Å². The molecule has 34 heavy (non-hydrogen) atoms. The topological polar surface area (TPSA) is 119 Å². The summed E-state index contributed by atoms with van der Waals surface area (Å²) in [4.78, 5) is 0. The van der Waals surface area contributed by atoms with Crippen molar-refractivity contribution in [3.8, 4) is 40.3 Å². The summed E-state index contributed by atoms with van der Waals surface area (Å²) in [6.45, 7) is 0. The van der Waals surface area contributed by atoms with Gasteiger partial charge in [-0.3, -0.25) is 5.10 Å². The average molecular weight is 446 g/mol. The Labute approximate surface area is 194 Å². The highest BCUT2D eigenvalue weighted by Gasteiger charge is 2.40. The third-order valence-electron chi connectivity index (χ3n) is 5.85. The summed E-state index contributed by atoms with van der Waals surface area (Å²) in [7, 11) is 0. The van der Waals surface area contributed by atoms with Crippen LogP contribution in [0.5, 0.6) is 5.88 Å². The van der Waals surface area contributed by atoms with Gasteiger partial charge in [-0.2, -0.15) is 20.1 Å². The highest BCUT2D eigenvalue weighted by atomic mass is 16.5. The Morgan fingerprint density at radius 3 is 2.47 bits per heavy atom. The Hall–Kier alpha value is -5.03. The first-order chi connectivity index (χ1) is 16.8. The second kappa shape index (κ2) is 7.83. The number of aromatic nitrogens is 4. The number of allylic oxidation sites excluding steroid dienone is 1. The van der Waals surface area contributed by atoms with Gasteiger partial charge >= 0.3 is 0 Å². The number of hydrogen-bond donors (Lipinski definition) is 2. The van der Waals surface area contributed by atoms with Gasteiger partial charge in [0.2, 0.25) is 11.8 Å². The summed E-state index contributed by atoms with van der Waals surface area (Å²) in [6.07, 6.45) is 3.31. The van der Waals surface area contributed by atoms with Gasteiger partial charge in [0.1, 0.15) is 17.3 Å². The number of furan rings is 1. The maximum absolute atomic E-state index is 10.1. The predicted octanol–water partition coefficient (Wildman–Crippen LogP) is 4.74. The number of aromatic amines is 1. The van der Waals surface area contributed by atoms with Crippen molar-refractivity contribution in [3.63, 3.8) is 0 Å². The molecule has 0 radical (unpaired) electrons. The summed E-state index contributed by atoms with van der Waals surface area (Å²) < 4.78 is 13.4. The summed E-state index contributed by atoms with van der Waals surface area (Å²) in [5.74, 6) is 0.449. The highest BCUT2D eigenvalue weighted by Crippen LogP contribution is 2.49. The van der Waals surface area contributed by atoms with Crippen LogP contribution in [0.25, 0.3) is 28.4 Å². The quantitative estimate of drug-likeness (QED) is 0.412. The standard InChI is InChI=1S/C26H18N6O2/c27-14-18-21(19-15-29-30-23(19)16-8-3-1-4-9-16)22-24(20-12-7-13-33-20)31-32(26(22)34-25(18)28)17-10-5-2-6-11-17/h1-13,15,21H,28H2,(H,29,30)/t21-/m0/s1. The maximum Gasteiger partial charge on any atom is 0.229 e. The first-order valence-corrected chi connectivity index (χ1v) is 10.6. The molecule has 5 aromatic rings. The summed E-state index contributed by atoms with van der Waals surface area (Å²) in [5.41, 5.74) is 11.1. The van der Waals surface area contributed by atoms with E-state index < -0.39 is 5.92 Å². The molecule has 3 N–H and O–H groups in total. The van der Waals surface area contributed by atoms with Gasteiger partial charge in [0.05, 0.1) is 35.3 Å². The SMILES string of the molecule is N#CC1=C(N)Oc2c(c(-c3ccco3)nn2-c2ccccc2)[C@@H]1c1cn[nH]c1-c1ccccc1. The van der Waals surface area contributed by atoms with Gasteiger partial charge in [-0.1, -0.05) is 48.5 Å². The Bertz CT molecular complexity index is 1540. The molecule has 8 nitrogen and oxygen atoms in total. The number of nitrogens with two attached hydrogens (primary N) is 1. The van der Waals surface area contributed by atoms with E-state index in [1.54, 1.807) is 23.2 Å². The zero-order chi connectivity index (χ0) is 23.1. The fourth-order valence-corrected chi connectivity index (χ4v) is 4.34. The van der Waals surface area contributed by atoms with E-state index in [0.29, 0.717) is 22.9 Å². The fourth-order valence-electron chi connectivity index (χ4n) is 4.34. The normalized spacial score (nSPS) is 15.0. The minimum Gasteiger partial charge on any atom is -0.463 e. The largest absolute Gasteiger partial charge is 0.463 e. The first-order valence-electron chi connectivity index (χ1n) is 10.6. The number of para-hydroxylation sites is 1. The molecule has 0 fully saturated rings. The summed E-state index contributed by atoms with van der Waals surface area (Å²) in [5, 5.41) is 22.4. The zero-order valence-corrected chi connectivity index (χ0v) is 17.8. The lowest BCUT2D eigenvalue weighted by Gasteiger charge is -2.24. The number of ether oxygens (including phenoxy) is 1. The van der Waals surface area contributed by atoms with E-state index in [0.717, 1.165) is 22.5 Å². The van der Waals surface area contributed by atoms with Crippen LogP contribution >= 0.6 is 0 Å². The van der Waals surface area contributed by atoms with Crippen LogP contribution < -0.4 is 10.5 Å². The fraction of sp³-hybridized carbons (Fsp3) is 0.0385. The third-order valence-corrected chi connectivity index (χ3v) is 5.85. The molecule has 1 aliphatic rings. The molecule has 0 unspecified atom stereocenters. The van der Waals surface area contributed by atoms with Crippen molar-refractivity contribution >= 4 is 0 Å². The van der Waals surface area contributed by atoms with Crippen molar-refractivity contribution in [3.05, 3.63) is 108 Å². The van der Waals surface area contributed by atoms with Crippen LogP contribution in [0.4, 0.5) is 0 Å². The molecule has 0 saturated heterocycles. The van der Waals surface area contributed by atoms with Crippen LogP contribution in [0.2, 0.25) is 0 Å². The second-order valence-electron chi connectivity index (χ2n) is 7.78. The van der Waals surface area contributed by atoms with Crippen molar-refractivity contribution in [2.45, 2.75) is 5.92 Å². The van der Waals surface area contributed by atoms with Gasteiger partial charge in [-0.05, 0) is 29.8 Å². The number of rotatable bonds is 4. The average Bonchev–Trinajstić information content (AvgIpc) is 3.64. The Morgan fingerprint density at radius 1 is 1.00 bits per heavy atom. The van der Waals surface area contributed by atoms with Gasteiger partial charge in [0.15, 0.2) is 5.76 Å². The van der Waals surface area contributed by atoms with E-state index in [1.165, 1.54) is 0 Å². The van der Waals surface area contributed by atoms with E-state index in [1.807, 2.05) is 66.7 Å². The van der Waals surface area contributed by atoms with Crippen molar-refractivity contribution in [1.29, 1.82) is 5.26 Å². The Balaban J connectivity index is 1.65. The second-order valence-corrected chi connectivity index (χ2v) is 7.78. The smallest absolute Gasteiger partial charge is 0.229 e. The lowest BCUT2D eigenvalue weighted by molar-refractivity contribution is 0.367. The lowest BCUT2D eigenvalue weighted by atomic mass is 9.83. The number of fused-ring (bicyclic) bond motifs is 1. The predicted molar refractivity (Wildman–Crippen MR) is 125 cm³/mol. The molecular formula is C26H18N6O2. The van der Waals surface area contributed by atoms with Crippen LogP contribution in [0.1, 0.15) is 17.0 Å². The van der Waals surface area contributed by atoms with Crippen molar-refractivity contribution in [2.24, 2.45) is 5.73 Å². The van der Waals surface area contributed by atoms with Crippen molar-refractivity contribution in [2.75, 3.05) is 0 Å². The lowest BCUT2D eigenvalue weighted by Crippen LogP contribution is -2.22. The molecule has 0 spiro atoms. The van der Waals surface area contributed by atoms with Crippen LogP contribution in [-0.2, 0) is 0 Å². The van der Waals surface area contributed by atoms with E-state index in [4.69, 9.17) is 20.0 Å². The van der Waals surface area contributed by atoms with Crippen molar-refractivity contribution < 1.29 is 9.15 Å². The van der Waals surface area contributed by atoms with Gasteiger partial charge in [-0.25, -0.2) is 0 Å². The number of hydrogen-bond acceptors (Lipinski definition) is 6. The highest BCUT2D eigenvalue weighted by molar-refractivity contribution is 5.73. The molecule has 4 heterocycles. The van der Waals surface area contributed by atoms with E-state index in [-0.39, 0.29) is 11.5 Å². The van der Waals surface area contributed by atoms with Crippen LogP contribution in [0.15, 0.2) is 101 Å². The van der Waals surface area contributed by atoms with E-state index in [2.05, 4.69) is 16.3 Å². The van der Waals surface area contributed by atoms with Crippen LogP contribution in [0, 0.1) is 11.3 Å². The number of benzene rings is 2. The van der Waals surface area contributed by atoms with Gasteiger partial charge in [0.25, 0.3) is 0 Å². The molecule has 6 rings (SSSR count). The minimum absolute atomic E-state index is 0.0308. The molecule has 164 valence electrons. The number of nitrogens with zero attached hydrogens (tertiary/aromatic N) is 4. The minimum atomic E-state index is -0.569. The summed E-state index contributed by atoms with van der Waals surface area (Å²) in [6, 6.07) is 25.3. The maximum atomic E-state index is 10.1. The monoisotopic (exact) mass is 446 g/mol. The molecule has 0 saturated carbocycles. The number of nitrogens with one attached hydrogen (secondary N) is 1. The van der Waals surface area contributed by atoms with Gasteiger partial charge < -0.3 is 14.9 Å². The first kappa shape index (κ1) is 19.6. The van der Waals surface area contributed by atoms with Gasteiger partial charge in [-0.15, -0.1) is 0 Å². The molecule has 8 heteroatoms. The third kappa shape index (κ3) is 2.99. The molecular weight excluding hydrogens is 428 g/mol. The number of H-pyrrole nitrogens is 1. The molecule has 0 aliphatic carbocycles. The molecule has 3 aromatic heterocycles. The molecule has 1 aliphatic heterocycles. The molecule has 1 atom stereocenters. The van der Waals surface area contributed by atoms with Crippen LogP contribution in [-0.4, -0.2) is 20.0 Å².